The Balaban J connectivity index is 0.00000364. The second kappa shape index (κ2) is 15.4. The normalized spacial score (nSPS) is 10.0. The van der Waals surface area contributed by atoms with Crippen molar-refractivity contribution < 1.29 is 0 Å². The Hall–Kier alpha value is -0.500. The van der Waals surface area contributed by atoms with Gasteiger partial charge in [0.1, 0.15) is 0 Å². The summed E-state index contributed by atoms with van der Waals surface area (Å²) >= 11 is 0. The van der Waals surface area contributed by atoms with E-state index >= 15 is 0 Å². The molecule has 0 aliphatic rings. The maximum absolute atomic E-state index is 2.49. The summed E-state index contributed by atoms with van der Waals surface area (Å²) in [7, 11) is 0. The van der Waals surface area contributed by atoms with Crippen LogP contribution < -0.4 is 9.80 Å². The first-order chi connectivity index (χ1) is 12.7. The first-order valence-corrected chi connectivity index (χ1v) is 10.4. The van der Waals surface area contributed by atoms with Gasteiger partial charge in [0.15, 0.2) is 0 Å². The number of nitrogens with zero attached hydrogens (tertiary/aromatic N) is 2. The molecule has 0 amide bonds. The Morgan fingerprint density at radius 1 is 0.464 bits per heavy atom. The van der Waals surface area contributed by atoms with E-state index in [4.69, 9.17) is 0 Å². The lowest BCUT2D eigenvalue weighted by molar-refractivity contribution is 0.745. The van der Waals surface area contributed by atoms with Crippen molar-refractivity contribution in [2.24, 2.45) is 0 Å². The topological polar surface area (TPSA) is 6.48 Å². The lowest BCUT2D eigenvalue weighted by Crippen LogP contribution is -2.24. The minimum Gasteiger partial charge on any atom is -0.372 e. The molecule has 4 heteroatoms. The third-order valence-corrected chi connectivity index (χ3v) is 4.77. The molecule has 0 aliphatic carbocycles. The predicted octanol–water partition coefficient (Wildman–Crippen LogP) is 7.84. The first-order valence-electron chi connectivity index (χ1n) is 10.4. The van der Waals surface area contributed by atoms with Crippen LogP contribution in [0.2, 0.25) is 0 Å². The van der Waals surface area contributed by atoms with E-state index in [0.29, 0.717) is 0 Å². The zero-order valence-electron chi connectivity index (χ0n) is 18.0. The fourth-order valence-corrected chi connectivity index (χ4v) is 3.55. The molecule has 0 heterocycles. The van der Waals surface area contributed by atoms with Crippen LogP contribution in [0, 0.1) is 0 Å². The van der Waals surface area contributed by atoms with Gasteiger partial charge in [-0.2, -0.15) is 0 Å². The van der Waals surface area contributed by atoms with Gasteiger partial charge in [-0.15, -0.1) is 48.0 Å². The molecule has 2 rings (SSSR count). The minimum atomic E-state index is 0. The van der Waals surface area contributed by atoms with Gasteiger partial charge in [-0.1, -0.05) is 52.0 Å². The maximum atomic E-state index is 2.49. The van der Waals surface area contributed by atoms with Gasteiger partial charge in [0, 0.05) is 37.6 Å². The Labute approximate surface area is 207 Å². The Kier molecular flexibility index (Phi) is 15.1. The lowest BCUT2D eigenvalue weighted by atomic mass is 10.0. The van der Waals surface area contributed by atoms with Crippen LogP contribution in [0.25, 0.3) is 11.1 Å². The van der Waals surface area contributed by atoms with Crippen molar-refractivity contribution in [3.8, 4) is 11.1 Å². The quantitative estimate of drug-likeness (QED) is 0.240. The Morgan fingerprint density at radius 3 is 0.929 bits per heavy atom. The van der Waals surface area contributed by atoms with Gasteiger partial charge in [0.05, 0.1) is 0 Å². The first kappa shape index (κ1) is 27.5. The number of hydrogen-bond donors (Lipinski definition) is 0. The minimum absolute atomic E-state index is 0. The van der Waals surface area contributed by atoms with E-state index in [1.807, 2.05) is 0 Å². The molecule has 158 valence electrons. The highest BCUT2D eigenvalue weighted by Gasteiger charge is 2.07. The molecule has 28 heavy (non-hydrogen) atoms. The van der Waals surface area contributed by atoms with Crippen LogP contribution in [-0.4, -0.2) is 26.2 Å². The summed E-state index contributed by atoms with van der Waals surface area (Å²) in [4.78, 5) is 4.97. The lowest BCUT2D eigenvalue weighted by Gasteiger charge is -2.24. The van der Waals surface area contributed by atoms with Crippen LogP contribution in [0.5, 0.6) is 0 Å². The highest BCUT2D eigenvalue weighted by molar-refractivity contribution is 14.0. The molecule has 0 fully saturated rings. The van der Waals surface area contributed by atoms with E-state index in [0.717, 1.165) is 26.2 Å². The second-order valence-electron chi connectivity index (χ2n) is 7.07. The highest BCUT2D eigenvalue weighted by Crippen LogP contribution is 2.26. The van der Waals surface area contributed by atoms with Crippen LogP contribution >= 0.6 is 48.0 Å². The Morgan fingerprint density at radius 2 is 0.714 bits per heavy atom. The van der Waals surface area contributed by atoms with Crippen LogP contribution in [-0.2, 0) is 0 Å². The molecule has 0 aromatic heterocycles. The van der Waals surface area contributed by atoms with Crippen molar-refractivity contribution in [2.75, 3.05) is 36.0 Å². The number of hydrogen-bond acceptors (Lipinski definition) is 2. The van der Waals surface area contributed by atoms with E-state index in [1.165, 1.54) is 48.2 Å². The molecular weight excluding hydrogens is 570 g/mol. The van der Waals surface area contributed by atoms with Gasteiger partial charge in [-0.25, -0.2) is 0 Å². The third-order valence-electron chi connectivity index (χ3n) is 4.77. The van der Waals surface area contributed by atoms with E-state index < -0.39 is 0 Å². The summed E-state index contributed by atoms with van der Waals surface area (Å²) in [6.07, 6.45) is 4.76. The van der Waals surface area contributed by atoms with Crippen LogP contribution in [0.4, 0.5) is 11.4 Å². The molecule has 0 spiro atoms. The molecule has 0 unspecified atom stereocenters. The molecule has 2 aromatic rings. The van der Waals surface area contributed by atoms with Crippen molar-refractivity contribution in [3.05, 3.63) is 48.5 Å². The average molecular weight is 608 g/mol. The fourth-order valence-electron chi connectivity index (χ4n) is 3.55. The molecular formula is C24H38I2N2. The summed E-state index contributed by atoms with van der Waals surface area (Å²) in [6.45, 7) is 13.5. The van der Waals surface area contributed by atoms with Crippen molar-refractivity contribution in [1.82, 2.24) is 0 Å². The van der Waals surface area contributed by atoms with Crippen molar-refractivity contribution in [1.29, 1.82) is 0 Å². The average Bonchev–Trinajstić information content (AvgIpc) is 2.68. The molecule has 0 bridgehead atoms. The maximum Gasteiger partial charge on any atom is 0.0366 e. The fraction of sp³-hybridized carbons (Fsp3) is 0.500. The highest BCUT2D eigenvalue weighted by atomic mass is 127. The summed E-state index contributed by atoms with van der Waals surface area (Å²) in [5.41, 5.74) is 5.27. The molecule has 0 N–H and O–H groups in total. The van der Waals surface area contributed by atoms with Crippen LogP contribution in [0.15, 0.2) is 48.5 Å². The van der Waals surface area contributed by atoms with Gasteiger partial charge in [-0.05, 0) is 61.1 Å². The second-order valence-corrected chi connectivity index (χ2v) is 7.07. The molecule has 0 atom stereocenters. The number of halogens is 2. The number of anilines is 2. The Bertz CT molecular complexity index is 557. The standard InChI is InChI=1S/C24H36N2.2HI/c1-5-17-25(18-6-2)23-13-9-21(10-14-23)22-11-15-24(16-12-22)26(19-7-3)20-8-4;;/h9-16H,5-8,17-20H2,1-4H3;2*1H. The van der Waals surface area contributed by atoms with E-state index in [1.54, 1.807) is 0 Å². The predicted molar refractivity (Wildman–Crippen MR) is 148 cm³/mol. The molecule has 0 saturated heterocycles. The van der Waals surface area contributed by atoms with Crippen LogP contribution in [0.1, 0.15) is 53.4 Å². The zero-order valence-corrected chi connectivity index (χ0v) is 22.6. The summed E-state index contributed by atoms with van der Waals surface area (Å²) in [5, 5.41) is 0. The molecule has 0 aliphatic heterocycles. The van der Waals surface area contributed by atoms with Gasteiger partial charge in [-0.3, -0.25) is 0 Å². The van der Waals surface area contributed by atoms with E-state index in [-0.39, 0.29) is 48.0 Å². The zero-order chi connectivity index (χ0) is 18.8. The molecule has 2 aromatic carbocycles. The van der Waals surface area contributed by atoms with Crippen LogP contribution in [0.3, 0.4) is 0 Å². The van der Waals surface area contributed by atoms with Gasteiger partial charge >= 0.3 is 0 Å². The smallest absolute Gasteiger partial charge is 0.0366 e. The molecule has 0 saturated carbocycles. The summed E-state index contributed by atoms with van der Waals surface area (Å²) in [5.74, 6) is 0. The molecule has 2 nitrogen and oxygen atoms in total. The van der Waals surface area contributed by atoms with Crippen molar-refractivity contribution >= 4 is 59.3 Å². The van der Waals surface area contributed by atoms with Gasteiger partial charge in [0.2, 0.25) is 0 Å². The van der Waals surface area contributed by atoms with E-state index in [2.05, 4.69) is 86.0 Å². The largest absolute Gasteiger partial charge is 0.372 e. The third kappa shape index (κ3) is 8.09. The summed E-state index contributed by atoms with van der Waals surface area (Å²) in [6, 6.07) is 18.1. The van der Waals surface area contributed by atoms with Crippen molar-refractivity contribution in [2.45, 2.75) is 53.4 Å². The number of rotatable bonds is 11. The number of benzene rings is 2. The SMILES string of the molecule is CCCN(CCC)c1ccc(-c2ccc(N(CCC)CCC)cc2)cc1.I.I. The van der Waals surface area contributed by atoms with Gasteiger partial charge in [0.25, 0.3) is 0 Å². The molecule has 0 radical (unpaired) electrons. The van der Waals surface area contributed by atoms with Crippen molar-refractivity contribution in [3.63, 3.8) is 0 Å². The van der Waals surface area contributed by atoms with Gasteiger partial charge < -0.3 is 9.80 Å². The van der Waals surface area contributed by atoms with E-state index in [9.17, 15) is 0 Å². The summed E-state index contributed by atoms with van der Waals surface area (Å²) < 4.78 is 0. The monoisotopic (exact) mass is 608 g/mol.